The van der Waals surface area contributed by atoms with Crippen LogP contribution in [0, 0.1) is 0 Å². The summed E-state index contributed by atoms with van der Waals surface area (Å²) in [6.45, 7) is 4.94. The first kappa shape index (κ1) is 13.3. The van der Waals surface area contributed by atoms with Crippen LogP contribution in [-0.2, 0) is 11.3 Å². The van der Waals surface area contributed by atoms with E-state index in [1.807, 2.05) is 13.8 Å². The van der Waals surface area contributed by atoms with Gasteiger partial charge in [0.1, 0.15) is 12.4 Å². The fraction of sp³-hybridized carbons (Fsp3) is 0.500. The third-order valence-corrected chi connectivity index (χ3v) is 2.27. The minimum absolute atomic E-state index is 0.0174. The summed E-state index contributed by atoms with van der Waals surface area (Å²) < 4.78 is 10.8. The summed E-state index contributed by atoms with van der Waals surface area (Å²) in [5.41, 5.74) is 0.774. The predicted octanol–water partition coefficient (Wildman–Crippen LogP) is 2.64. The maximum Gasteiger partial charge on any atom is 0.138 e. The molecule has 90 valence electrons. The van der Waals surface area contributed by atoms with Crippen LogP contribution in [0.5, 0.6) is 5.75 Å². The number of halogens is 1. The van der Waals surface area contributed by atoms with E-state index in [-0.39, 0.29) is 12.7 Å². The van der Waals surface area contributed by atoms with Gasteiger partial charge in [0, 0.05) is 0 Å². The van der Waals surface area contributed by atoms with E-state index in [0.29, 0.717) is 24.0 Å². The first-order valence-electron chi connectivity index (χ1n) is 5.27. The van der Waals surface area contributed by atoms with Gasteiger partial charge in [0.15, 0.2) is 0 Å². The Balaban J connectivity index is 2.42. The number of aliphatic hydroxyl groups excluding tert-OH is 1. The van der Waals surface area contributed by atoms with Gasteiger partial charge in [-0.2, -0.15) is 0 Å². The second-order valence-electron chi connectivity index (χ2n) is 3.69. The maximum absolute atomic E-state index is 8.91. The maximum atomic E-state index is 8.91. The van der Waals surface area contributed by atoms with Crippen molar-refractivity contribution < 1.29 is 14.6 Å². The molecule has 0 saturated heterocycles. The van der Waals surface area contributed by atoms with E-state index in [0.717, 1.165) is 5.56 Å². The van der Waals surface area contributed by atoms with E-state index in [4.69, 9.17) is 26.2 Å². The van der Waals surface area contributed by atoms with E-state index >= 15 is 0 Å². The molecule has 0 amide bonds. The summed E-state index contributed by atoms with van der Waals surface area (Å²) in [6, 6.07) is 5.23. The molecule has 1 aromatic carbocycles. The van der Waals surface area contributed by atoms with Gasteiger partial charge < -0.3 is 14.6 Å². The van der Waals surface area contributed by atoms with Crippen LogP contribution in [0.15, 0.2) is 18.2 Å². The standard InChI is InChI=1S/C12H17ClO3/c1-9(2)15-5-6-16-12-4-3-10(8-14)7-11(12)13/h3-4,7,9,14H,5-6,8H2,1-2H3. The number of benzene rings is 1. The fourth-order valence-corrected chi connectivity index (χ4v) is 1.45. The van der Waals surface area contributed by atoms with Crippen LogP contribution in [0.2, 0.25) is 5.02 Å². The Morgan fingerprint density at radius 1 is 1.31 bits per heavy atom. The minimum atomic E-state index is -0.0174. The molecule has 0 heterocycles. The smallest absolute Gasteiger partial charge is 0.138 e. The molecule has 0 aliphatic carbocycles. The lowest BCUT2D eigenvalue weighted by Gasteiger charge is -2.10. The van der Waals surface area contributed by atoms with Crippen molar-refractivity contribution in [3.63, 3.8) is 0 Å². The first-order valence-corrected chi connectivity index (χ1v) is 5.65. The Bertz CT molecular complexity index is 326. The van der Waals surface area contributed by atoms with Crippen molar-refractivity contribution in [3.8, 4) is 5.75 Å². The molecule has 1 N–H and O–H groups in total. The number of aliphatic hydroxyl groups is 1. The SMILES string of the molecule is CC(C)OCCOc1ccc(CO)cc1Cl. The molecular weight excluding hydrogens is 228 g/mol. The van der Waals surface area contributed by atoms with Gasteiger partial charge in [0.2, 0.25) is 0 Å². The van der Waals surface area contributed by atoms with Gasteiger partial charge in [-0.05, 0) is 31.5 Å². The molecule has 0 spiro atoms. The normalized spacial score (nSPS) is 10.8. The van der Waals surface area contributed by atoms with Crippen LogP contribution in [0.25, 0.3) is 0 Å². The largest absolute Gasteiger partial charge is 0.490 e. The van der Waals surface area contributed by atoms with Gasteiger partial charge in [0.25, 0.3) is 0 Å². The fourth-order valence-electron chi connectivity index (χ4n) is 1.20. The van der Waals surface area contributed by atoms with Crippen LogP contribution < -0.4 is 4.74 Å². The van der Waals surface area contributed by atoms with Crippen molar-refractivity contribution in [1.82, 2.24) is 0 Å². The van der Waals surface area contributed by atoms with E-state index < -0.39 is 0 Å². The third-order valence-electron chi connectivity index (χ3n) is 1.97. The number of rotatable bonds is 6. The van der Waals surface area contributed by atoms with Crippen molar-refractivity contribution in [1.29, 1.82) is 0 Å². The Kier molecular flexibility index (Phi) is 5.60. The molecule has 3 nitrogen and oxygen atoms in total. The number of hydrogen-bond donors (Lipinski definition) is 1. The lowest BCUT2D eigenvalue weighted by atomic mass is 10.2. The van der Waals surface area contributed by atoms with Gasteiger partial charge >= 0.3 is 0 Å². The Labute approximate surface area is 101 Å². The molecular formula is C12H17ClO3. The quantitative estimate of drug-likeness (QED) is 0.782. The van der Waals surface area contributed by atoms with Crippen molar-refractivity contribution >= 4 is 11.6 Å². The zero-order valence-corrected chi connectivity index (χ0v) is 10.3. The summed E-state index contributed by atoms with van der Waals surface area (Å²) in [4.78, 5) is 0. The van der Waals surface area contributed by atoms with E-state index in [1.165, 1.54) is 0 Å². The van der Waals surface area contributed by atoms with Crippen molar-refractivity contribution in [2.75, 3.05) is 13.2 Å². The highest BCUT2D eigenvalue weighted by Gasteiger charge is 2.02. The Morgan fingerprint density at radius 3 is 2.62 bits per heavy atom. The highest BCUT2D eigenvalue weighted by molar-refractivity contribution is 6.32. The monoisotopic (exact) mass is 244 g/mol. The molecule has 0 unspecified atom stereocenters. The van der Waals surface area contributed by atoms with Gasteiger partial charge in [-0.3, -0.25) is 0 Å². The van der Waals surface area contributed by atoms with Crippen LogP contribution in [0.1, 0.15) is 19.4 Å². The zero-order valence-electron chi connectivity index (χ0n) is 9.57. The Morgan fingerprint density at radius 2 is 2.06 bits per heavy atom. The van der Waals surface area contributed by atoms with Crippen LogP contribution in [0.4, 0.5) is 0 Å². The average Bonchev–Trinajstić information content (AvgIpc) is 2.25. The average molecular weight is 245 g/mol. The highest BCUT2D eigenvalue weighted by Crippen LogP contribution is 2.25. The van der Waals surface area contributed by atoms with E-state index in [9.17, 15) is 0 Å². The molecule has 0 atom stereocenters. The lowest BCUT2D eigenvalue weighted by Crippen LogP contribution is -2.11. The molecule has 0 saturated carbocycles. The highest BCUT2D eigenvalue weighted by atomic mass is 35.5. The van der Waals surface area contributed by atoms with E-state index in [1.54, 1.807) is 18.2 Å². The van der Waals surface area contributed by atoms with Crippen molar-refractivity contribution in [2.24, 2.45) is 0 Å². The second-order valence-corrected chi connectivity index (χ2v) is 4.10. The zero-order chi connectivity index (χ0) is 12.0. The minimum Gasteiger partial charge on any atom is -0.490 e. The molecule has 1 aromatic rings. The summed E-state index contributed by atoms with van der Waals surface area (Å²) in [5.74, 6) is 0.617. The van der Waals surface area contributed by atoms with Gasteiger partial charge in [-0.15, -0.1) is 0 Å². The topological polar surface area (TPSA) is 38.7 Å². The molecule has 0 fully saturated rings. The molecule has 16 heavy (non-hydrogen) atoms. The summed E-state index contributed by atoms with van der Waals surface area (Å²) in [5, 5.41) is 9.42. The lowest BCUT2D eigenvalue weighted by molar-refractivity contribution is 0.0553. The van der Waals surface area contributed by atoms with Gasteiger partial charge in [0.05, 0.1) is 24.3 Å². The van der Waals surface area contributed by atoms with Crippen molar-refractivity contribution in [3.05, 3.63) is 28.8 Å². The van der Waals surface area contributed by atoms with Gasteiger partial charge in [-0.1, -0.05) is 17.7 Å². The number of hydrogen-bond acceptors (Lipinski definition) is 3. The van der Waals surface area contributed by atoms with Crippen LogP contribution >= 0.6 is 11.6 Å². The van der Waals surface area contributed by atoms with E-state index in [2.05, 4.69) is 0 Å². The van der Waals surface area contributed by atoms with Crippen molar-refractivity contribution in [2.45, 2.75) is 26.6 Å². The van der Waals surface area contributed by atoms with Gasteiger partial charge in [-0.25, -0.2) is 0 Å². The third kappa shape index (κ3) is 4.39. The molecule has 1 rings (SSSR count). The Hall–Kier alpha value is -0.770. The van der Waals surface area contributed by atoms with Crippen LogP contribution in [0.3, 0.4) is 0 Å². The summed E-state index contributed by atoms with van der Waals surface area (Å²) in [6.07, 6.45) is 0.204. The number of ether oxygens (including phenoxy) is 2. The molecule has 0 aliphatic rings. The summed E-state index contributed by atoms with van der Waals surface area (Å²) in [7, 11) is 0. The first-order chi connectivity index (χ1) is 7.63. The summed E-state index contributed by atoms with van der Waals surface area (Å²) >= 11 is 5.97. The molecule has 0 bridgehead atoms. The molecule has 4 heteroatoms. The van der Waals surface area contributed by atoms with Crippen LogP contribution in [-0.4, -0.2) is 24.4 Å². The molecule has 0 radical (unpaired) electrons. The molecule has 0 aromatic heterocycles. The predicted molar refractivity (Wildman–Crippen MR) is 64.0 cm³/mol. The second kappa shape index (κ2) is 6.74. The molecule has 0 aliphatic heterocycles.